The minimum atomic E-state index is -1.18. The molecule has 8 heteroatoms. The molecule has 39 heavy (non-hydrogen) atoms. The molecule has 0 atom stereocenters. The Morgan fingerprint density at radius 2 is 1.23 bits per heavy atom. The average molecular weight is 539 g/mol. The van der Waals surface area contributed by atoms with Gasteiger partial charge in [0, 0.05) is 0 Å². The third kappa shape index (κ3) is 11.5. The van der Waals surface area contributed by atoms with Gasteiger partial charge in [-0.3, -0.25) is 9.59 Å². The molecule has 0 saturated heterocycles. The summed E-state index contributed by atoms with van der Waals surface area (Å²) in [5, 5.41) is 8.97. The van der Waals surface area contributed by atoms with E-state index < -0.39 is 29.8 Å². The number of hydrogen-bond acceptors (Lipinski definition) is 7. The molecular weight excluding hydrogens is 500 g/mol. The number of carbonyl (C=O) groups excluding carboxylic acids is 3. The quantitative estimate of drug-likeness (QED) is 0.105. The van der Waals surface area contributed by atoms with Crippen LogP contribution in [0.4, 0.5) is 0 Å². The molecule has 0 radical (unpaired) electrons. The molecule has 210 valence electrons. The molecule has 0 unspecified atom stereocenters. The number of hydrogen-bond donors (Lipinski definition) is 1. The molecule has 0 bridgehead atoms. The third-order valence-corrected chi connectivity index (χ3v) is 5.93. The van der Waals surface area contributed by atoms with Crippen LogP contribution >= 0.6 is 0 Å². The van der Waals surface area contributed by atoms with Crippen LogP contribution in [0.3, 0.4) is 0 Å². The summed E-state index contributed by atoms with van der Waals surface area (Å²) >= 11 is 0. The van der Waals surface area contributed by atoms with Crippen LogP contribution in [0.15, 0.2) is 54.6 Å². The van der Waals surface area contributed by atoms with Gasteiger partial charge in [-0.05, 0) is 54.8 Å². The van der Waals surface area contributed by atoms with Gasteiger partial charge in [-0.2, -0.15) is 0 Å². The molecule has 0 amide bonds. The van der Waals surface area contributed by atoms with Gasteiger partial charge in [0.2, 0.25) is 0 Å². The van der Waals surface area contributed by atoms with E-state index in [1.165, 1.54) is 30.3 Å². The Morgan fingerprint density at radius 1 is 0.718 bits per heavy atom. The van der Waals surface area contributed by atoms with E-state index in [4.69, 9.17) is 19.3 Å². The normalized spacial score (nSPS) is 10.9. The second-order valence-electron chi connectivity index (χ2n) is 9.13. The first-order chi connectivity index (χ1) is 18.8. The van der Waals surface area contributed by atoms with Crippen LogP contribution < -0.4 is 4.74 Å². The molecule has 0 saturated carbocycles. The maximum atomic E-state index is 12.7. The predicted molar refractivity (Wildman–Crippen MR) is 148 cm³/mol. The number of carbonyl (C=O) groups is 4. The van der Waals surface area contributed by atoms with Crippen LogP contribution in [-0.2, 0) is 19.1 Å². The largest absolute Gasteiger partial charge is 0.478 e. The van der Waals surface area contributed by atoms with Gasteiger partial charge in [-0.1, -0.05) is 76.7 Å². The van der Waals surface area contributed by atoms with Crippen LogP contribution in [0, 0.1) is 5.92 Å². The van der Waals surface area contributed by atoms with Crippen molar-refractivity contribution < 1.29 is 38.5 Å². The van der Waals surface area contributed by atoms with E-state index in [0.29, 0.717) is 5.56 Å². The molecular formula is C31H38O8. The summed E-state index contributed by atoms with van der Waals surface area (Å²) in [6.07, 6.45) is 10.7. The fourth-order valence-electron chi connectivity index (χ4n) is 3.61. The Labute approximate surface area is 230 Å². The predicted octanol–water partition coefficient (Wildman–Crippen LogP) is 6.48. The van der Waals surface area contributed by atoms with E-state index in [9.17, 15) is 19.2 Å². The second-order valence-corrected chi connectivity index (χ2v) is 9.13. The number of carboxylic acid groups (broad SMARTS) is 1. The van der Waals surface area contributed by atoms with Gasteiger partial charge in [0.25, 0.3) is 0 Å². The highest BCUT2D eigenvalue weighted by Crippen LogP contribution is 2.16. The summed E-state index contributed by atoms with van der Waals surface area (Å²) in [5.41, 5.74) is 1.03. The van der Waals surface area contributed by atoms with E-state index in [2.05, 4.69) is 13.8 Å². The van der Waals surface area contributed by atoms with Crippen molar-refractivity contribution in [2.75, 3.05) is 13.2 Å². The van der Waals surface area contributed by atoms with Gasteiger partial charge in [0.15, 0.2) is 5.92 Å². The summed E-state index contributed by atoms with van der Waals surface area (Å²) in [7, 11) is 0. The van der Waals surface area contributed by atoms with Crippen molar-refractivity contribution in [3.8, 4) is 5.75 Å². The Hall–Kier alpha value is -3.94. The summed E-state index contributed by atoms with van der Waals surface area (Å²) in [5.74, 6) is -3.92. The molecule has 0 heterocycles. The number of benzene rings is 2. The van der Waals surface area contributed by atoms with E-state index in [-0.39, 0.29) is 30.1 Å². The molecule has 0 fully saturated rings. The topological polar surface area (TPSA) is 116 Å². The average Bonchev–Trinajstić information content (AvgIpc) is 2.93. The van der Waals surface area contributed by atoms with Crippen molar-refractivity contribution in [3.63, 3.8) is 0 Å². The number of esters is 3. The lowest BCUT2D eigenvalue weighted by atomic mass is 10.1. The minimum Gasteiger partial charge on any atom is -0.478 e. The first-order valence-corrected chi connectivity index (χ1v) is 13.5. The summed E-state index contributed by atoms with van der Waals surface area (Å²) in [4.78, 5) is 48.8. The molecule has 0 aliphatic rings. The van der Waals surface area contributed by atoms with Crippen LogP contribution in [0.2, 0.25) is 0 Å². The SMILES string of the molecule is CCCCCCOC(=O)C(/C=C/c1ccc(C(=O)Oc2ccc(C(=O)O)cc2)cc1)C(=O)OCCCCCC. The van der Waals surface area contributed by atoms with Gasteiger partial charge in [-0.25, -0.2) is 9.59 Å². The lowest BCUT2D eigenvalue weighted by Gasteiger charge is -2.13. The zero-order valence-corrected chi connectivity index (χ0v) is 22.7. The maximum Gasteiger partial charge on any atom is 0.343 e. The second kappa shape index (κ2) is 17.5. The number of unbranched alkanes of at least 4 members (excludes halogenated alkanes) is 6. The summed E-state index contributed by atoms with van der Waals surface area (Å²) in [6, 6.07) is 11.9. The van der Waals surface area contributed by atoms with Gasteiger partial charge in [0.1, 0.15) is 5.75 Å². The highest BCUT2D eigenvalue weighted by Gasteiger charge is 2.27. The van der Waals surface area contributed by atoms with Crippen LogP contribution in [0.1, 0.15) is 91.5 Å². The fraction of sp³-hybridized carbons (Fsp3) is 0.419. The van der Waals surface area contributed by atoms with Gasteiger partial charge in [-0.15, -0.1) is 0 Å². The zero-order valence-electron chi connectivity index (χ0n) is 22.7. The fourth-order valence-corrected chi connectivity index (χ4v) is 3.61. The summed E-state index contributed by atoms with van der Waals surface area (Å²) < 4.78 is 16.0. The van der Waals surface area contributed by atoms with Crippen LogP contribution in [0.5, 0.6) is 5.75 Å². The van der Waals surface area contributed by atoms with Crippen LogP contribution in [-0.4, -0.2) is 42.2 Å². The first kappa shape index (κ1) is 31.3. The first-order valence-electron chi connectivity index (χ1n) is 13.5. The third-order valence-electron chi connectivity index (χ3n) is 5.93. The zero-order chi connectivity index (χ0) is 28.5. The van der Waals surface area contributed by atoms with Crippen molar-refractivity contribution in [1.82, 2.24) is 0 Å². The molecule has 2 aromatic rings. The number of rotatable bonds is 17. The van der Waals surface area contributed by atoms with Crippen molar-refractivity contribution in [2.45, 2.75) is 65.2 Å². The lowest BCUT2D eigenvalue weighted by molar-refractivity contribution is -0.159. The molecule has 0 aliphatic heterocycles. The molecule has 0 spiro atoms. The molecule has 0 aliphatic carbocycles. The highest BCUT2D eigenvalue weighted by atomic mass is 16.6. The molecule has 1 N–H and O–H groups in total. The Morgan fingerprint density at radius 3 is 1.72 bits per heavy atom. The lowest BCUT2D eigenvalue weighted by Crippen LogP contribution is -2.27. The summed E-state index contributed by atoms with van der Waals surface area (Å²) in [6.45, 7) is 4.70. The van der Waals surface area contributed by atoms with Gasteiger partial charge >= 0.3 is 23.9 Å². The molecule has 2 aromatic carbocycles. The van der Waals surface area contributed by atoms with Crippen molar-refractivity contribution in [2.24, 2.45) is 5.92 Å². The van der Waals surface area contributed by atoms with E-state index in [1.807, 2.05) is 0 Å². The number of carboxylic acids is 1. The monoisotopic (exact) mass is 538 g/mol. The van der Waals surface area contributed by atoms with E-state index in [0.717, 1.165) is 51.4 Å². The standard InChI is InChI=1S/C31H38O8/c1-3-5-7-9-21-37-30(35)27(31(36)38-22-10-8-6-4-2)20-13-23-11-14-25(15-12-23)29(34)39-26-18-16-24(17-19-26)28(32)33/h11-20,27H,3-10,21-22H2,1-2H3,(H,32,33)/b20-13+. The maximum absolute atomic E-state index is 12.7. The van der Waals surface area contributed by atoms with Crippen molar-refractivity contribution in [1.29, 1.82) is 0 Å². The van der Waals surface area contributed by atoms with E-state index in [1.54, 1.807) is 30.3 Å². The Kier molecular flexibility index (Phi) is 14.1. The molecule has 2 rings (SSSR count). The Bertz CT molecular complexity index is 1060. The molecule has 0 aromatic heterocycles. The number of ether oxygens (including phenoxy) is 3. The minimum absolute atomic E-state index is 0.0880. The smallest absolute Gasteiger partial charge is 0.343 e. The highest BCUT2D eigenvalue weighted by molar-refractivity contribution is 5.98. The van der Waals surface area contributed by atoms with Crippen molar-refractivity contribution in [3.05, 3.63) is 71.3 Å². The van der Waals surface area contributed by atoms with Gasteiger partial charge < -0.3 is 19.3 Å². The van der Waals surface area contributed by atoms with E-state index >= 15 is 0 Å². The van der Waals surface area contributed by atoms with Crippen LogP contribution in [0.25, 0.3) is 6.08 Å². The molecule has 8 nitrogen and oxygen atoms in total. The number of aromatic carboxylic acids is 1. The van der Waals surface area contributed by atoms with Crippen molar-refractivity contribution >= 4 is 30.0 Å². The Balaban J connectivity index is 2.01. The van der Waals surface area contributed by atoms with Gasteiger partial charge in [0.05, 0.1) is 24.3 Å².